The van der Waals surface area contributed by atoms with E-state index in [9.17, 15) is 19.5 Å². The Labute approximate surface area is 212 Å². The minimum atomic E-state index is -1.06. The highest BCUT2D eigenvalue weighted by molar-refractivity contribution is 5.92. The molecule has 2 aromatic rings. The monoisotopic (exact) mass is 496 g/mol. The molecular weight excluding hydrogens is 460 g/mol. The fourth-order valence-corrected chi connectivity index (χ4v) is 4.15. The van der Waals surface area contributed by atoms with Crippen LogP contribution >= 0.6 is 0 Å². The van der Waals surface area contributed by atoms with Crippen LogP contribution in [0.4, 0.5) is 0 Å². The van der Waals surface area contributed by atoms with Gasteiger partial charge in [-0.2, -0.15) is 0 Å². The number of para-hydroxylation sites is 1. The van der Waals surface area contributed by atoms with E-state index in [2.05, 4.69) is 10.6 Å². The Kier molecular flexibility index (Phi) is 9.44. The van der Waals surface area contributed by atoms with Crippen LogP contribution in [0.5, 0.6) is 11.5 Å². The van der Waals surface area contributed by atoms with E-state index in [1.807, 2.05) is 73.3 Å². The SMILES string of the molecule is CNC(C)C(=O)NC(C(=O)N1CCN(Cc2cccc(Oc3ccccc3)c2)CC1C(=O)O)C(C)C. The smallest absolute Gasteiger partial charge is 0.327 e. The van der Waals surface area contributed by atoms with Crippen LogP contribution in [0.3, 0.4) is 0 Å². The van der Waals surface area contributed by atoms with Gasteiger partial charge in [-0.1, -0.05) is 44.2 Å². The minimum Gasteiger partial charge on any atom is -0.480 e. The van der Waals surface area contributed by atoms with Gasteiger partial charge in [0.2, 0.25) is 11.8 Å². The van der Waals surface area contributed by atoms with E-state index in [-0.39, 0.29) is 30.8 Å². The lowest BCUT2D eigenvalue weighted by molar-refractivity contribution is -0.155. The maximum absolute atomic E-state index is 13.4. The average Bonchev–Trinajstić information content (AvgIpc) is 2.86. The molecule has 0 aliphatic carbocycles. The molecule has 3 N–H and O–H groups in total. The van der Waals surface area contributed by atoms with Gasteiger partial charge in [0.15, 0.2) is 0 Å². The van der Waals surface area contributed by atoms with Crippen LogP contribution in [-0.4, -0.2) is 77.5 Å². The number of ether oxygens (including phenoxy) is 1. The summed E-state index contributed by atoms with van der Waals surface area (Å²) in [6.45, 7) is 6.88. The van der Waals surface area contributed by atoms with Crippen LogP contribution in [0.25, 0.3) is 0 Å². The summed E-state index contributed by atoms with van der Waals surface area (Å²) in [6, 6.07) is 14.9. The Morgan fingerprint density at radius 3 is 2.36 bits per heavy atom. The first kappa shape index (κ1) is 27.2. The lowest BCUT2D eigenvalue weighted by atomic mass is 10.00. The Morgan fingerprint density at radius 2 is 1.72 bits per heavy atom. The van der Waals surface area contributed by atoms with E-state index >= 15 is 0 Å². The summed E-state index contributed by atoms with van der Waals surface area (Å²) >= 11 is 0. The van der Waals surface area contributed by atoms with Gasteiger partial charge < -0.3 is 25.4 Å². The second-order valence-corrected chi connectivity index (χ2v) is 9.42. The molecular formula is C27H36N4O5. The van der Waals surface area contributed by atoms with Gasteiger partial charge in [-0.05, 0) is 49.7 Å². The quantitative estimate of drug-likeness (QED) is 0.463. The number of carbonyl (C=O) groups is 3. The van der Waals surface area contributed by atoms with Crippen LogP contribution in [0.1, 0.15) is 26.3 Å². The molecule has 0 bridgehead atoms. The lowest BCUT2D eigenvalue weighted by Gasteiger charge is -2.41. The fraction of sp³-hybridized carbons (Fsp3) is 0.444. The summed E-state index contributed by atoms with van der Waals surface area (Å²) in [5.74, 6) is -0.478. The number of nitrogens with one attached hydrogen (secondary N) is 2. The van der Waals surface area contributed by atoms with Crippen LogP contribution in [0.2, 0.25) is 0 Å². The van der Waals surface area contributed by atoms with E-state index in [1.165, 1.54) is 4.90 Å². The molecule has 3 unspecified atom stereocenters. The van der Waals surface area contributed by atoms with Crippen molar-refractivity contribution in [1.29, 1.82) is 0 Å². The average molecular weight is 497 g/mol. The second-order valence-electron chi connectivity index (χ2n) is 9.42. The highest BCUT2D eigenvalue weighted by Gasteiger charge is 2.39. The van der Waals surface area contributed by atoms with E-state index in [1.54, 1.807) is 14.0 Å². The number of nitrogens with zero attached hydrogens (tertiary/aromatic N) is 2. The highest BCUT2D eigenvalue weighted by Crippen LogP contribution is 2.23. The molecule has 36 heavy (non-hydrogen) atoms. The van der Waals surface area contributed by atoms with E-state index in [4.69, 9.17) is 4.74 Å². The van der Waals surface area contributed by atoms with Gasteiger partial charge in [-0.25, -0.2) is 4.79 Å². The van der Waals surface area contributed by atoms with E-state index in [0.29, 0.717) is 18.8 Å². The highest BCUT2D eigenvalue weighted by atomic mass is 16.5. The molecule has 9 nitrogen and oxygen atoms in total. The number of rotatable bonds is 10. The molecule has 0 spiro atoms. The molecule has 0 saturated carbocycles. The van der Waals surface area contributed by atoms with Gasteiger partial charge in [-0.15, -0.1) is 0 Å². The maximum Gasteiger partial charge on any atom is 0.327 e. The summed E-state index contributed by atoms with van der Waals surface area (Å²) in [6.07, 6.45) is 0. The van der Waals surface area contributed by atoms with Gasteiger partial charge in [0, 0.05) is 26.2 Å². The molecule has 0 aromatic heterocycles. The molecule has 1 saturated heterocycles. The summed E-state index contributed by atoms with van der Waals surface area (Å²) < 4.78 is 5.92. The number of benzene rings is 2. The predicted molar refractivity (Wildman–Crippen MR) is 137 cm³/mol. The molecule has 2 aromatic carbocycles. The van der Waals surface area contributed by atoms with Crippen LogP contribution < -0.4 is 15.4 Å². The van der Waals surface area contributed by atoms with Crippen molar-refractivity contribution in [2.24, 2.45) is 5.92 Å². The molecule has 1 aliphatic heterocycles. The molecule has 1 heterocycles. The second kappa shape index (κ2) is 12.5. The summed E-state index contributed by atoms with van der Waals surface area (Å²) in [5, 5.41) is 15.6. The van der Waals surface area contributed by atoms with E-state index < -0.39 is 24.1 Å². The van der Waals surface area contributed by atoms with Crippen LogP contribution in [-0.2, 0) is 20.9 Å². The summed E-state index contributed by atoms with van der Waals surface area (Å²) in [7, 11) is 1.67. The van der Waals surface area contributed by atoms with Crippen molar-refractivity contribution in [3.63, 3.8) is 0 Å². The Balaban J connectivity index is 1.68. The number of hydrogen-bond acceptors (Lipinski definition) is 6. The molecule has 9 heteroatoms. The first-order chi connectivity index (χ1) is 17.2. The molecule has 194 valence electrons. The fourth-order valence-electron chi connectivity index (χ4n) is 4.15. The first-order valence-corrected chi connectivity index (χ1v) is 12.2. The van der Waals surface area contributed by atoms with Crippen LogP contribution in [0, 0.1) is 5.92 Å². The van der Waals surface area contributed by atoms with Crippen LogP contribution in [0.15, 0.2) is 54.6 Å². The number of carboxylic acids is 1. The molecule has 3 rings (SSSR count). The predicted octanol–water partition coefficient (Wildman–Crippen LogP) is 2.33. The van der Waals surface area contributed by atoms with Crippen molar-refractivity contribution < 1.29 is 24.2 Å². The van der Waals surface area contributed by atoms with Gasteiger partial charge in [-0.3, -0.25) is 14.5 Å². The number of piperazine rings is 1. The Bertz CT molecular complexity index is 1050. The van der Waals surface area contributed by atoms with Crippen molar-refractivity contribution in [3.8, 4) is 11.5 Å². The number of carbonyl (C=O) groups excluding carboxylic acids is 2. The van der Waals surface area contributed by atoms with Gasteiger partial charge in [0.25, 0.3) is 0 Å². The molecule has 3 atom stereocenters. The maximum atomic E-state index is 13.4. The third-order valence-corrected chi connectivity index (χ3v) is 6.37. The largest absolute Gasteiger partial charge is 0.480 e. The third-order valence-electron chi connectivity index (χ3n) is 6.37. The van der Waals surface area contributed by atoms with Crippen molar-refractivity contribution in [2.75, 3.05) is 26.7 Å². The zero-order valence-corrected chi connectivity index (χ0v) is 21.3. The topological polar surface area (TPSA) is 111 Å². The molecule has 1 aliphatic rings. The number of amides is 2. The first-order valence-electron chi connectivity index (χ1n) is 12.2. The van der Waals surface area contributed by atoms with Crippen molar-refractivity contribution in [3.05, 3.63) is 60.2 Å². The molecule has 2 amide bonds. The van der Waals surface area contributed by atoms with Gasteiger partial charge in [0.1, 0.15) is 23.6 Å². The van der Waals surface area contributed by atoms with Crippen molar-refractivity contribution in [1.82, 2.24) is 20.4 Å². The number of hydrogen-bond donors (Lipinski definition) is 3. The van der Waals surface area contributed by atoms with Gasteiger partial charge >= 0.3 is 5.97 Å². The number of aliphatic carboxylic acids is 1. The Hall–Kier alpha value is -3.43. The standard InChI is InChI=1S/C27H36N4O5/c1-18(2)24(29-25(32)19(3)28-4)26(33)31-14-13-30(17-23(31)27(34)35)16-20-9-8-12-22(15-20)36-21-10-6-5-7-11-21/h5-12,15,18-19,23-24,28H,13-14,16-17H2,1-4H3,(H,29,32)(H,34,35). The van der Waals surface area contributed by atoms with E-state index in [0.717, 1.165) is 11.3 Å². The summed E-state index contributed by atoms with van der Waals surface area (Å²) in [5.41, 5.74) is 0.987. The normalized spacial score (nSPS) is 17.9. The van der Waals surface area contributed by atoms with Gasteiger partial charge in [0.05, 0.1) is 6.04 Å². The minimum absolute atomic E-state index is 0.190. The zero-order valence-electron chi connectivity index (χ0n) is 21.3. The van der Waals surface area contributed by atoms with Crippen molar-refractivity contribution in [2.45, 2.75) is 45.4 Å². The third kappa shape index (κ3) is 7.05. The molecule has 0 radical (unpaired) electrons. The van der Waals surface area contributed by atoms with Crippen molar-refractivity contribution >= 4 is 17.8 Å². The zero-order chi connectivity index (χ0) is 26.2. The summed E-state index contributed by atoms with van der Waals surface area (Å²) in [4.78, 5) is 41.4. The molecule has 1 fully saturated rings. The lowest BCUT2D eigenvalue weighted by Crippen LogP contribution is -2.63. The number of likely N-dealkylation sites (N-methyl/N-ethyl adjacent to an activating group) is 1. The Morgan fingerprint density at radius 1 is 1.03 bits per heavy atom. The number of carboxylic acid groups (broad SMARTS) is 1.